The van der Waals surface area contributed by atoms with E-state index in [-0.39, 0.29) is 24.0 Å². The van der Waals surface area contributed by atoms with Crippen LogP contribution in [-0.2, 0) is 16.0 Å². The van der Waals surface area contributed by atoms with Crippen LogP contribution in [0.3, 0.4) is 0 Å². The lowest BCUT2D eigenvalue weighted by Crippen LogP contribution is -2.49. The van der Waals surface area contributed by atoms with Crippen molar-refractivity contribution in [2.24, 2.45) is 0 Å². The molecule has 0 atom stereocenters. The van der Waals surface area contributed by atoms with E-state index >= 15 is 0 Å². The van der Waals surface area contributed by atoms with E-state index in [0.717, 1.165) is 51.0 Å². The minimum atomic E-state index is -0.0805. The number of fused-ring (bicyclic) bond motifs is 1. The number of carbonyl (C=O) groups is 2. The first-order chi connectivity index (χ1) is 18.1. The summed E-state index contributed by atoms with van der Waals surface area (Å²) in [6.07, 6.45) is 0.276. The maximum atomic E-state index is 12.9. The Kier molecular flexibility index (Phi) is 7.91. The van der Waals surface area contributed by atoms with Crippen molar-refractivity contribution in [3.8, 4) is 5.75 Å². The molecule has 0 aliphatic carbocycles. The lowest BCUT2D eigenvalue weighted by molar-refractivity contribution is -0.130. The van der Waals surface area contributed by atoms with Crippen molar-refractivity contribution in [1.82, 2.24) is 9.88 Å². The van der Waals surface area contributed by atoms with Crippen LogP contribution in [-0.4, -0.2) is 60.7 Å². The van der Waals surface area contributed by atoms with E-state index < -0.39 is 0 Å². The summed E-state index contributed by atoms with van der Waals surface area (Å²) < 4.78 is 6.12. The quantitative estimate of drug-likeness (QED) is 0.325. The third-order valence-electron chi connectivity index (χ3n) is 6.30. The van der Waals surface area contributed by atoms with Crippen LogP contribution in [0.15, 0.2) is 76.4 Å². The van der Waals surface area contributed by atoms with Crippen molar-refractivity contribution < 1.29 is 14.3 Å². The average Bonchev–Trinajstić information content (AvgIpc) is 3.39. The van der Waals surface area contributed by atoms with E-state index in [1.165, 1.54) is 23.1 Å². The number of amides is 2. The molecule has 37 heavy (non-hydrogen) atoms. The van der Waals surface area contributed by atoms with Gasteiger partial charge < -0.3 is 19.9 Å². The van der Waals surface area contributed by atoms with Gasteiger partial charge in [-0.05, 0) is 23.6 Å². The monoisotopic (exact) mass is 532 g/mol. The number of methoxy groups -OCH3 is 1. The Morgan fingerprint density at radius 3 is 2.65 bits per heavy atom. The number of hydrogen-bond acceptors (Lipinski definition) is 7. The molecular weight excluding hydrogens is 504 g/mol. The Morgan fingerprint density at radius 2 is 1.81 bits per heavy atom. The van der Waals surface area contributed by atoms with Crippen LogP contribution in [0.25, 0.3) is 10.8 Å². The molecule has 0 unspecified atom stereocenters. The maximum Gasteiger partial charge on any atom is 0.234 e. The van der Waals surface area contributed by atoms with Crippen LogP contribution in [0.1, 0.15) is 5.69 Å². The van der Waals surface area contributed by atoms with Gasteiger partial charge in [-0.1, -0.05) is 54.2 Å². The number of benzene rings is 3. The summed E-state index contributed by atoms with van der Waals surface area (Å²) >= 11 is 2.86. The topological polar surface area (TPSA) is 74.8 Å². The van der Waals surface area contributed by atoms with Crippen molar-refractivity contribution in [1.29, 1.82) is 0 Å². The summed E-state index contributed by atoms with van der Waals surface area (Å²) in [5.41, 5.74) is 2.67. The molecule has 9 heteroatoms. The SMILES string of the molecule is COc1cccc(N2CCN(C(=O)Cc3csc(SCC(=O)Nc4cccc5ccccc45)n3)CC2)c1. The van der Waals surface area contributed by atoms with E-state index in [2.05, 4.69) is 21.3 Å². The molecule has 5 rings (SSSR count). The summed E-state index contributed by atoms with van der Waals surface area (Å²) in [5.74, 6) is 1.10. The van der Waals surface area contributed by atoms with Crippen molar-refractivity contribution in [3.05, 3.63) is 77.8 Å². The highest BCUT2D eigenvalue weighted by atomic mass is 32.2. The van der Waals surface area contributed by atoms with Crippen molar-refractivity contribution in [3.63, 3.8) is 0 Å². The molecule has 1 aliphatic rings. The standard InChI is InChI=1S/C28H28N4O3S2/c1-35-23-9-5-8-22(17-23)31-12-14-32(15-13-31)27(34)16-21-18-36-28(29-21)37-19-26(33)30-25-11-4-7-20-6-2-3-10-24(20)25/h2-11,17-18H,12-16,19H2,1H3,(H,30,33). The fourth-order valence-electron chi connectivity index (χ4n) is 4.37. The zero-order chi connectivity index (χ0) is 25.6. The molecule has 0 spiro atoms. The normalized spacial score (nSPS) is 13.5. The number of nitrogens with one attached hydrogen (secondary N) is 1. The van der Waals surface area contributed by atoms with Gasteiger partial charge in [0, 0.05) is 54.4 Å². The molecule has 3 aromatic carbocycles. The molecule has 1 aromatic heterocycles. The van der Waals surface area contributed by atoms with Gasteiger partial charge in [0.2, 0.25) is 11.8 Å². The van der Waals surface area contributed by atoms with E-state index in [9.17, 15) is 9.59 Å². The minimum Gasteiger partial charge on any atom is -0.497 e. The zero-order valence-corrected chi connectivity index (χ0v) is 22.2. The highest BCUT2D eigenvalue weighted by Gasteiger charge is 2.22. The van der Waals surface area contributed by atoms with Crippen LogP contribution < -0.4 is 15.0 Å². The number of hydrogen-bond donors (Lipinski definition) is 1. The summed E-state index contributed by atoms with van der Waals surface area (Å²) in [5, 5.41) is 7.02. The first kappa shape index (κ1) is 25.1. The van der Waals surface area contributed by atoms with Crippen LogP contribution in [0.2, 0.25) is 0 Å². The van der Waals surface area contributed by atoms with Crippen LogP contribution in [0, 0.1) is 0 Å². The third kappa shape index (κ3) is 6.23. The van der Waals surface area contributed by atoms with Crippen molar-refractivity contribution in [2.75, 3.05) is 49.3 Å². The van der Waals surface area contributed by atoms with Gasteiger partial charge in [-0.2, -0.15) is 0 Å². The Hall–Kier alpha value is -3.56. The highest BCUT2D eigenvalue weighted by molar-refractivity contribution is 8.01. The fourth-order valence-corrected chi connectivity index (χ4v) is 6.02. The number of rotatable bonds is 8. The molecule has 1 fully saturated rings. The molecule has 190 valence electrons. The first-order valence-electron chi connectivity index (χ1n) is 12.1. The van der Waals surface area contributed by atoms with Crippen LogP contribution >= 0.6 is 23.1 Å². The van der Waals surface area contributed by atoms with E-state index in [4.69, 9.17) is 4.74 Å². The highest BCUT2D eigenvalue weighted by Crippen LogP contribution is 2.26. The minimum absolute atomic E-state index is 0.0805. The molecule has 4 aromatic rings. The van der Waals surface area contributed by atoms with E-state index in [0.29, 0.717) is 13.1 Å². The van der Waals surface area contributed by atoms with Gasteiger partial charge in [0.15, 0.2) is 4.34 Å². The molecule has 0 saturated carbocycles. The van der Waals surface area contributed by atoms with Gasteiger partial charge in [0.1, 0.15) is 5.75 Å². The Balaban J connectivity index is 1.09. The number of thioether (sulfide) groups is 1. The number of ether oxygens (including phenoxy) is 1. The van der Waals surface area contributed by atoms with Gasteiger partial charge in [0.05, 0.1) is 25.0 Å². The number of thiazole rings is 1. The average molecular weight is 533 g/mol. The van der Waals surface area contributed by atoms with Gasteiger partial charge in [0.25, 0.3) is 0 Å². The summed E-state index contributed by atoms with van der Waals surface area (Å²) in [4.78, 5) is 34.2. The fraction of sp³-hybridized carbons (Fsp3) is 0.250. The second kappa shape index (κ2) is 11.7. The molecule has 1 N–H and O–H groups in total. The zero-order valence-electron chi connectivity index (χ0n) is 20.6. The number of aromatic nitrogens is 1. The molecular formula is C28H28N4O3S2. The van der Waals surface area contributed by atoms with Crippen molar-refractivity contribution in [2.45, 2.75) is 10.8 Å². The number of nitrogens with zero attached hydrogens (tertiary/aromatic N) is 3. The Bertz CT molecular complexity index is 1390. The molecule has 0 bridgehead atoms. The third-order valence-corrected chi connectivity index (χ3v) is 8.37. The predicted octanol–water partition coefficient (Wildman–Crippen LogP) is 4.93. The summed E-state index contributed by atoms with van der Waals surface area (Å²) in [6, 6.07) is 21.9. The van der Waals surface area contributed by atoms with Crippen molar-refractivity contribution >= 4 is 57.1 Å². The Labute approximate surface area is 224 Å². The molecule has 2 heterocycles. The molecule has 7 nitrogen and oxygen atoms in total. The summed E-state index contributed by atoms with van der Waals surface area (Å²) in [6.45, 7) is 2.91. The van der Waals surface area contributed by atoms with Crippen LogP contribution in [0.5, 0.6) is 5.75 Å². The maximum absolute atomic E-state index is 12.9. The molecule has 1 aliphatic heterocycles. The lowest BCUT2D eigenvalue weighted by atomic mass is 10.1. The number of anilines is 2. The number of piperazine rings is 1. The van der Waals surface area contributed by atoms with E-state index in [1.807, 2.05) is 70.9 Å². The Morgan fingerprint density at radius 1 is 1.03 bits per heavy atom. The van der Waals surface area contributed by atoms with Crippen LogP contribution in [0.4, 0.5) is 11.4 Å². The lowest BCUT2D eigenvalue weighted by Gasteiger charge is -2.36. The molecule has 1 saturated heterocycles. The molecule has 0 radical (unpaired) electrons. The largest absolute Gasteiger partial charge is 0.497 e. The van der Waals surface area contributed by atoms with Gasteiger partial charge in [-0.25, -0.2) is 4.98 Å². The second-order valence-electron chi connectivity index (χ2n) is 8.71. The second-order valence-corrected chi connectivity index (χ2v) is 10.8. The predicted molar refractivity (Wildman–Crippen MR) is 151 cm³/mol. The molecule has 2 amide bonds. The summed E-state index contributed by atoms with van der Waals surface area (Å²) in [7, 11) is 1.67. The van der Waals surface area contributed by atoms with Gasteiger partial charge >= 0.3 is 0 Å². The smallest absolute Gasteiger partial charge is 0.234 e. The first-order valence-corrected chi connectivity index (χ1v) is 14.0. The van der Waals surface area contributed by atoms with Gasteiger partial charge in [-0.15, -0.1) is 11.3 Å². The number of carbonyl (C=O) groups excluding carboxylic acids is 2. The van der Waals surface area contributed by atoms with Gasteiger partial charge in [-0.3, -0.25) is 9.59 Å². The van der Waals surface area contributed by atoms with E-state index in [1.54, 1.807) is 7.11 Å².